The van der Waals surface area contributed by atoms with E-state index in [0.29, 0.717) is 12.0 Å². The lowest BCUT2D eigenvalue weighted by molar-refractivity contribution is -0.139. The summed E-state index contributed by atoms with van der Waals surface area (Å²) in [6.07, 6.45) is 5.19. The lowest BCUT2D eigenvalue weighted by atomic mass is 9.97. The molecule has 19 heavy (non-hydrogen) atoms. The summed E-state index contributed by atoms with van der Waals surface area (Å²) >= 11 is 0. The van der Waals surface area contributed by atoms with Crippen LogP contribution in [0.25, 0.3) is 0 Å². The van der Waals surface area contributed by atoms with Crippen molar-refractivity contribution in [1.82, 2.24) is 0 Å². The monoisotopic (exact) mass is 260 g/mol. The Labute approximate surface area is 109 Å². The molecule has 4 heteroatoms. The van der Waals surface area contributed by atoms with Gasteiger partial charge in [0.1, 0.15) is 11.6 Å². The molecule has 0 aliphatic heterocycles. The molecule has 1 aliphatic carbocycles. The number of carboxylic acids is 1. The molecule has 1 aromatic rings. The number of aliphatic carboxylic acids is 1. The highest BCUT2D eigenvalue weighted by Gasteiger charge is 2.14. The molecule has 0 bridgehead atoms. The van der Waals surface area contributed by atoms with Crippen LogP contribution in [-0.4, -0.2) is 11.1 Å². The van der Waals surface area contributed by atoms with Crippen molar-refractivity contribution >= 4 is 5.97 Å². The maximum absolute atomic E-state index is 13.3. The van der Waals surface area contributed by atoms with E-state index in [-0.39, 0.29) is 5.56 Å². The normalized spacial score (nSPS) is 17.4. The highest BCUT2D eigenvalue weighted by molar-refractivity contribution is 5.73. The smallest absolute Gasteiger partial charge is 0.310 e. The number of benzene rings is 1. The Bertz CT molecular complexity index is 633. The van der Waals surface area contributed by atoms with Gasteiger partial charge in [0.15, 0.2) is 0 Å². The number of carbonyl (C=O) groups is 1. The maximum atomic E-state index is 13.3. The molecule has 1 atom stereocenters. The quantitative estimate of drug-likeness (QED) is 0.788. The number of carboxylic acid groups (broad SMARTS) is 1. The second-order valence-corrected chi connectivity index (χ2v) is 4.07. The van der Waals surface area contributed by atoms with Gasteiger partial charge in [0, 0.05) is 11.6 Å². The van der Waals surface area contributed by atoms with Crippen LogP contribution in [0.15, 0.2) is 42.0 Å². The minimum atomic E-state index is -0.885. The standard InChI is InChI=1S/C15H10F2O2/c16-13-8-7-11(14(17)9-13)4-1-10-2-5-12(6-3-10)15(18)19/h2-3,5,7-9,12H,6H2,(H,18,19). The van der Waals surface area contributed by atoms with Crippen molar-refractivity contribution in [3.63, 3.8) is 0 Å². The molecule has 1 aliphatic rings. The van der Waals surface area contributed by atoms with E-state index in [9.17, 15) is 13.6 Å². The summed E-state index contributed by atoms with van der Waals surface area (Å²) in [6.45, 7) is 0. The molecule has 0 fully saturated rings. The van der Waals surface area contributed by atoms with Crippen LogP contribution in [-0.2, 0) is 4.79 Å². The van der Waals surface area contributed by atoms with Crippen molar-refractivity contribution in [3.05, 3.63) is 59.2 Å². The van der Waals surface area contributed by atoms with E-state index in [1.54, 1.807) is 18.2 Å². The molecule has 0 aromatic heterocycles. The van der Waals surface area contributed by atoms with E-state index in [4.69, 9.17) is 5.11 Å². The summed E-state index contributed by atoms with van der Waals surface area (Å²) in [4.78, 5) is 10.7. The molecule has 1 unspecified atom stereocenters. The molecule has 0 saturated heterocycles. The molecular weight excluding hydrogens is 250 g/mol. The number of hydrogen-bond donors (Lipinski definition) is 1. The first-order valence-corrected chi connectivity index (χ1v) is 5.64. The summed E-state index contributed by atoms with van der Waals surface area (Å²) in [7, 11) is 0. The first kappa shape index (κ1) is 13.0. The van der Waals surface area contributed by atoms with Crippen molar-refractivity contribution in [2.45, 2.75) is 6.42 Å². The average Bonchev–Trinajstić information content (AvgIpc) is 2.38. The molecule has 2 nitrogen and oxygen atoms in total. The first-order valence-electron chi connectivity index (χ1n) is 5.64. The molecule has 1 aromatic carbocycles. The van der Waals surface area contributed by atoms with E-state index < -0.39 is 23.5 Å². The molecule has 0 amide bonds. The molecule has 2 rings (SSSR count). The largest absolute Gasteiger partial charge is 0.481 e. The van der Waals surface area contributed by atoms with Gasteiger partial charge in [-0.3, -0.25) is 4.79 Å². The van der Waals surface area contributed by atoms with Crippen LogP contribution in [0.1, 0.15) is 12.0 Å². The van der Waals surface area contributed by atoms with Crippen LogP contribution in [0, 0.1) is 29.4 Å². The highest BCUT2D eigenvalue weighted by atomic mass is 19.1. The fraction of sp³-hybridized carbons (Fsp3) is 0.133. The SMILES string of the molecule is O=C(O)C1C=CC(C#Cc2ccc(F)cc2F)=CC1. The Hall–Kier alpha value is -2.41. The van der Waals surface area contributed by atoms with E-state index >= 15 is 0 Å². The van der Waals surface area contributed by atoms with E-state index in [1.807, 2.05) is 0 Å². The molecule has 0 saturated carbocycles. The van der Waals surface area contributed by atoms with Gasteiger partial charge in [0.25, 0.3) is 0 Å². The minimum Gasteiger partial charge on any atom is -0.481 e. The zero-order chi connectivity index (χ0) is 13.8. The van der Waals surface area contributed by atoms with Crippen LogP contribution >= 0.6 is 0 Å². The summed E-state index contributed by atoms with van der Waals surface area (Å²) in [5.41, 5.74) is 0.734. The third-order valence-corrected chi connectivity index (χ3v) is 2.69. The second-order valence-electron chi connectivity index (χ2n) is 4.07. The van der Waals surface area contributed by atoms with Gasteiger partial charge in [-0.1, -0.05) is 24.0 Å². The van der Waals surface area contributed by atoms with E-state index in [1.165, 1.54) is 6.07 Å². The Balaban J connectivity index is 2.14. The zero-order valence-corrected chi connectivity index (χ0v) is 9.86. The molecule has 96 valence electrons. The third-order valence-electron chi connectivity index (χ3n) is 2.69. The first-order chi connectivity index (χ1) is 9.06. The number of allylic oxidation sites excluding steroid dienone is 3. The third kappa shape index (κ3) is 3.29. The van der Waals surface area contributed by atoms with Crippen LogP contribution in [0.2, 0.25) is 0 Å². The maximum Gasteiger partial charge on any atom is 0.310 e. The lowest BCUT2D eigenvalue weighted by Gasteiger charge is -2.08. The molecule has 0 heterocycles. The number of rotatable bonds is 1. The minimum absolute atomic E-state index is 0.107. The van der Waals surface area contributed by atoms with Crippen molar-refractivity contribution in [2.75, 3.05) is 0 Å². The Morgan fingerprint density at radius 1 is 1.32 bits per heavy atom. The van der Waals surface area contributed by atoms with Gasteiger partial charge in [-0.15, -0.1) is 0 Å². The summed E-state index contributed by atoms with van der Waals surface area (Å²) in [6, 6.07) is 3.18. The van der Waals surface area contributed by atoms with Gasteiger partial charge in [-0.25, -0.2) is 8.78 Å². The average molecular weight is 260 g/mol. The van der Waals surface area contributed by atoms with Gasteiger partial charge < -0.3 is 5.11 Å². The Morgan fingerprint density at radius 2 is 2.11 bits per heavy atom. The predicted octanol–water partition coefficient (Wildman–Crippen LogP) is 2.90. The van der Waals surface area contributed by atoms with Crippen LogP contribution in [0.5, 0.6) is 0 Å². The molecule has 0 radical (unpaired) electrons. The number of hydrogen-bond acceptors (Lipinski definition) is 1. The Morgan fingerprint density at radius 3 is 2.68 bits per heavy atom. The van der Waals surface area contributed by atoms with Crippen molar-refractivity contribution in [2.24, 2.45) is 5.92 Å². The van der Waals surface area contributed by atoms with Crippen molar-refractivity contribution in [1.29, 1.82) is 0 Å². The summed E-state index contributed by atoms with van der Waals surface area (Å²) in [5.74, 6) is 2.54. The lowest BCUT2D eigenvalue weighted by Crippen LogP contribution is -2.11. The molecule has 1 N–H and O–H groups in total. The summed E-state index contributed by atoms with van der Waals surface area (Å²) < 4.78 is 26.0. The highest BCUT2D eigenvalue weighted by Crippen LogP contribution is 2.16. The van der Waals surface area contributed by atoms with Gasteiger partial charge in [0.05, 0.1) is 11.5 Å². The molecular formula is C15H10F2O2. The topological polar surface area (TPSA) is 37.3 Å². The van der Waals surface area contributed by atoms with Gasteiger partial charge in [0.2, 0.25) is 0 Å². The van der Waals surface area contributed by atoms with Crippen molar-refractivity contribution in [3.8, 4) is 11.8 Å². The van der Waals surface area contributed by atoms with Gasteiger partial charge >= 0.3 is 5.97 Å². The van der Waals surface area contributed by atoms with Gasteiger partial charge in [-0.05, 0) is 24.6 Å². The number of halogens is 2. The van der Waals surface area contributed by atoms with E-state index in [2.05, 4.69) is 11.8 Å². The fourth-order valence-corrected chi connectivity index (χ4v) is 1.63. The van der Waals surface area contributed by atoms with Crippen LogP contribution < -0.4 is 0 Å². The van der Waals surface area contributed by atoms with Crippen LogP contribution in [0.3, 0.4) is 0 Å². The van der Waals surface area contributed by atoms with E-state index in [0.717, 1.165) is 12.1 Å². The summed E-state index contributed by atoms with van der Waals surface area (Å²) in [5, 5.41) is 8.79. The predicted molar refractivity (Wildman–Crippen MR) is 66.2 cm³/mol. The fourth-order valence-electron chi connectivity index (χ4n) is 1.63. The van der Waals surface area contributed by atoms with Crippen LogP contribution in [0.4, 0.5) is 8.78 Å². The zero-order valence-electron chi connectivity index (χ0n) is 9.86. The Kier molecular flexibility index (Phi) is 3.76. The van der Waals surface area contributed by atoms with Crippen molar-refractivity contribution < 1.29 is 18.7 Å². The molecule has 0 spiro atoms. The second kappa shape index (κ2) is 5.49. The van der Waals surface area contributed by atoms with Gasteiger partial charge in [-0.2, -0.15) is 0 Å².